The number of carbonyl (C=O) groups is 1. The molecular formula is C19H22BrN5O3. The Morgan fingerprint density at radius 2 is 1.86 bits per heavy atom. The highest BCUT2D eigenvalue weighted by atomic mass is 79.9. The van der Waals surface area contributed by atoms with Gasteiger partial charge in [-0.05, 0) is 31.0 Å². The number of nitrogens with one attached hydrogen (secondary N) is 1. The summed E-state index contributed by atoms with van der Waals surface area (Å²) >= 11 is 3.40. The molecule has 1 unspecified atom stereocenters. The number of amides is 1. The van der Waals surface area contributed by atoms with Crippen molar-refractivity contribution in [3.05, 3.63) is 61.5 Å². The molecule has 8 nitrogen and oxygen atoms in total. The maximum Gasteiger partial charge on any atom is 0.332 e. The molecule has 28 heavy (non-hydrogen) atoms. The molecule has 0 radical (unpaired) electrons. The highest BCUT2D eigenvalue weighted by Gasteiger charge is 2.15. The Morgan fingerprint density at radius 3 is 2.54 bits per heavy atom. The lowest BCUT2D eigenvalue weighted by Crippen LogP contribution is -2.37. The Bertz CT molecular complexity index is 1130. The van der Waals surface area contributed by atoms with Gasteiger partial charge in [-0.15, -0.1) is 0 Å². The van der Waals surface area contributed by atoms with Crippen molar-refractivity contribution in [1.82, 2.24) is 24.0 Å². The number of hydrogen-bond acceptors (Lipinski definition) is 4. The van der Waals surface area contributed by atoms with E-state index in [0.29, 0.717) is 30.6 Å². The summed E-state index contributed by atoms with van der Waals surface area (Å²) in [6, 6.07) is 7.72. The third-order valence-corrected chi connectivity index (χ3v) is 5.30. The second kappa shape index (κ2) is 8.14. The quantitative estimate of drug-likeness (QED) is 0.623. The molecule has 3 rings (SSSR count). The number of aryl methyl sites for hydroxylation is 2. The molecule has 2 heterocycles. The molecule has 0 spiro atoms. The summed E-state index contributed by atoms with van der Waals surface area (Å²) in [6.07, 6.45) is 2.41. The molecule has 1 amide bonds. The summed E-state index contributed by atoms with van der Waals surface area (Å²) in [6.45, 7) is 2.40. The van der Waals surface area contributed by atoms with Crippen LogP contribution >= 0.6 is 15.9 Å². The van der Waals surface area contributed by atoms with Crippen LogP contribution in [0.25, 0.3) is 11.2 Å². The van der Waals surface area contributed by atoms with E-state index in [2.05, 4.69) is 26.2 Å². The van der Waals surface area contributed by atoms with Gasteiger partial charge in [0.05, 0.1) is 12.4 Å². The highest BCUT2D eigenvalue weighted by Crippen LogP contribution is 2.16. The van der Waals surface area contributed by atoms with Crippen LogP contribution in [0.1, 0.15) is 31.4 Å². The summed E-state index contributed by atoms with van der Waals surface area (Å²) in [7, 11) is 3.02. The molecule has 148 valence electrons. The van der Waals surface area contributed by atoms with Gasteiger partial charge in [-0.3, -0.25) is 18.7 Å². The summed E-state index contributed by atoms with van der Waals surface area (Å²) in [5.41, 5.74) is 0.948. The van der Waals surface area contributed by atoms with Crippen molar-refractivity contribution in [2.45, 2.75) is 32.4 Å². The third-order valence-electron chi connectivity index (χ3n) is 4.77. The molecule has 0 bridgehead atoms. The molecule has 3 aromatic rings. The maximum atomic E-state index is 12.4. The molecule has 0 fully saturated rings. The Labute approximate surface area is 169 Å². The first kappa shape index (κ1) is 20.1. The molecule has 1 N–H and O–H groups in total. The fourth-order valence-corrected chi connectivity index (χ4v) is 3.39. The van der Waals surface area contributed by atoms with Crippen LogP contribution in [0.5, 0.6) is 0 Å². The number of halogens is 1. The van der Waals surface area contributed by atoms with Gasteiger partial charge >= 0.3 is 5.69 Å². The van der Waals surface area contributed by atoms with Gasteiger partial charge in [0.1, 0.15) is 0 Å². The number of aromatic nitrogens is 4. The van der Waals surface area contributed by atoms with E-state index in [9.17, 15) is 14.4 Å². The van der Waals surface area contributed by atoms with E-state index < -0.39 is 5.69 Å². The Balaban J connectivity index is 1.64. The Hall–Kier alpha value is -2.68. The van der Waals surface area contributed by atoms with Crippen LogP contribution in [0.4, 0.5) is 0 Å². The van der Waals surface area contributed by atoms with Crippen LogP contribution in [0.15, 0.2) is 44.7 Å². The van der Waals surface area contributed by atoms with Crippen LogP contribution in [-0.2, 0) is 25.4 Å². The van der Waals surface area contributed by atoms with E-state index in [1.54, 1.807) is 11.6 Å². The van der Waals surface area contributed by atoms with E-state index >= 15 is 0 Å². The highest BCUT2D eigenvalue weighted by molar-refractivity contribution is 9.10. The number of hydrogen-bond donors (Lipinski definition) is 1. The zero-order chi connectivity index (χ0) is 20.4. The lowest BCUT2D eigenvalue weighted by Gasteiger charge is -2.14. The van der Waals surface area contributed by atoms with Crippen molar-refractivity contribution in [1.29, 1.82) is 0 Å². The SMILES string of the molecule is CC(NC(=O)CCCn1cnc2c1c(=O)n(C)c(=O)n2C)c1ccc(Br)cc1. The fourth-order valence-electron chi connectivity index (χ4n) is 3.12. The van der Waals surface area contributed by atoms with E-state index in [4.69, 9.17) is 0 Å². The normalized spacial score (nSPS) is 12.3. The molecule has 9 heteroatoms. The molecule has 1 aromatic carbocycles. The van der Waals surface area contributed by atoms with Crippen molar-refractivity contribution in [2.75, 3.05) is 0 Å². The van der Waals surface area contributed by atoms with Gasteiger partial charge in [0, 0.05) is 31.5 Å². The van der Waals surface area contributed by atoms with Crippen molar-refractivity contribution >= 4 is 33.0 Å². The largest absolute Gasteiger partial charge is 0.350 e. The van der Waals surface area contributed by atoms with Gasteiger partial charge in [-0.1, -0.05) is 28.1 Å². The Morgan fingerprint density at radius 1 is 1.18 bits per heavy atom. The Kier molecular flexibility index (Phi) is 5.83. The fraction of sp³-hybridized carbons (Fsp3) is 0.368. The monoisotopic (exact) mass is 447 g/mol. The molecule has 0 aliphatic heterocycles. The van der Waals surface area contributed by atoms with Gasteiger partial charge in [0.2, 0.25) is 5.91 Å². The molecule has 1 atom stereocenters. The number of imidazole rings is 1. The summed E-state index contributed by atoms with van der Waals surface area (Å²) in [4.78, 5) is 40.8. The average molecular weight is 448 g/mol. The van der Waals surface area contributed by atoms with Crippen LogP contribution in [0.3, 0.4) is 0 Å². The van der Waals surface area contributed by atoms with Gasteiger partial charge in [-0.2, -0.15) is 0 Å². The van der Waals surface area contributed by atoms with Gasteiger partial charge in [-0.25, -0.2) is 9.78 Å². The minimum absolute atomic E-state index is 0.0554. The van der Waals surface area contributed by atoms with Gasteiger partial charge in [0.15, 0.2) is 11.2 Å². The number of nitrogens with zero attached hydrogens (tertiary/aromatic N) is 4. The minimum atomic E-state index is -0.413. The van der Waals surface area contributed by atoms with Crippen LogP contribution in [0.2, 0.25) is 0 Å². The molecule has 0 aliphatic rings. The summed E-state index contributed by atoms with van der Waals surface area (Å²) in [5, 5.41) is 2.98. The summed E-state index contributed by atoms with van der Waals surface area (Å²) in [5.74, 6) is -0.0554. The lowest BCUT2D eigenvalue weighted by atomic mass is 10.1. The molecule has 0 saturated heterocycles. The first-order valence-electron chi connectivity index (χ1n) is 8.95. The van der Waals surface area contributed by atoms with E-state index in [0.717, 1.165) is 14.6 Å². The second-order valence-corrected chi connectivity index (χ2v) is 7.68. The van der Waals surface area contributed by atoms with Gasteiger partial charge < -0.3 is 9.88 Å². The predicted octanol–water partition coefficient (Wildman–Crippen LogP) is 1.85. The third kappa shape index (κ3) is 3.94. The molecule has 2 aromatic heterocycles. The minimum Gasteiger partial charge on any atom is -0.350 e. The summed E-state index contributed by atoms with van der Waals surface area (Å²) < 4.78 is 5.10. The van der Waals surface area contributed by atoms with Crippen molar-refractivity contribution in [3.8, 4) is 0 Å². The maximum absolute atomic E-state index is 12.4. The standard InChI is InChI=1S/C19H22BrN5O3/c1-12(13-6-8-14(20)9-7-13)22-15(26)5-4-10-25-11-21-17-16(25)18(27)24(3)19(28)23(17)2/h6-9,11-12H,4-5,10H2,1-3H3,(H,22,26). The number of benzene rings is 1. The number of fused-ring (bicyclic) bond motifs is 1. The second-order valence-electron chi connectivity index (χ2n) is 6.76. The topological polar surface area (TPSA) is 90.9 Å². The average Bonchev–Trinajstić information content (AvgIpc) is 3.09. The molecule has 0 saturated carbocycles. The zero-order valence-corrected chi connectivity index (χ0v) is 17.6. The van der Waals surface area contributed by atoms with Crippen molar-refractivity contribution in [2.24, 2.45) is 14.1 Å². The smallest absolute Gasteiger partial charge is 0.332 e. The van der Waals surface area contributed by atoms with Gasteiger partial charge in [0.25, 0.3) is 5.56 Å². The lowest BCUT2D eigenvalue weighted by molar-refractivity contribution is -0.121. The molecular weight excluding hydrogens is 426 g/mol. The molecule has 0 aliphatic carbocycles. The van der Waals surface area contributed by atoms with Crippen LogP contribution in [-0.4, -0.2) is 24.6 Å². The first-order chi connectivity index (χ1) is 13.3. The van der Waals surface area contributed by atoms with Crippen molar-refractivity contribution in [3.63, 3.8) is 0 Å². The van der Waals surface area contributed by atoms with E-state index in [1.807, 2.05) is 31.2 Å². The van der Waals surface area contributed by atoms with E-state index in [-0.39, 0.29) is 17.5 Å². The predicted molar refractivity (Wildman–Crippen MR) is 110 cm³/mol. The van der Waals surface area contributed by atoms with Crippen LogP contribution in [0, 0.1) is 0 Å². The van der Waals surface area contributed by atoms with Crippen LogP contribution < -0.4 is 16.6 Å². The van der Waals surface area contributed by atoms with Crippen molar-refractivity contribution < 1.29 is 4.79 Å². The number of rotatable bonds is 6. The zero-order valence-electron chi connectivity index (χ0n) is 16.0. The number of carbonyl (C=O) groups excluding carboxylic acids is 1. The van der Waals surface area contributed by atoms with E-state index in [1.165, 1.54) is 17.9 Å². The first-order valence-corrected chi connectivity index (χ1v) is 9.74.